The van der Waals surface area contributed by atoms with Crippen LogP contribution in [0.25, 0.3) is 32.3 Å². The van der Waals surface area contributed by atoms with Crippen LogP contribution in [0.5, 0.6) is 0 Å². The second-order valence-corrected chi connectivity index (χ2v) is 15.4. The van der Waals surface area contributed by atoms with E-state index in [4.69, 9.17) is 11.6 Å². The lowest BCUT2D eigenvalue weighted by Crippen LogP contribution is -2.46. The van der Waals surface area contributed by atoms with Crippen molar-refractivity contribution in [3.8, 4) is 22.0 Å². The molecule has 3 amide bonds. The van der Waals surface area contributed by atoms with E-state index >= 15 is 0 Å². The van der Waals surface area contributed by atoms with Crippen LogP contribution < -0.4 is 15.5 Å². The van der Waals surface area contributed by atoms with Gasteiger partial charge in [-0.15, -0.1) is 10.2 Å². The van der Waals surface area contributed by atoms with Gasteiger partial charge in [-0.2, -0.15) is 5.10 Å². The van der Waals surface area contributed by atoms with Gasteiger partial charge >= 0.3 is 0 Å². The number of carbonyl (C=O) groups is 3. The Morgan fingerprint density at radius 1 is 0.981 bits per heavy atom. The van der Waals surface area contributed by atoms with Gasteiger partial charge in [0.2, 0.25) is 23.4 Å². The zero-order valence-electron chi connectivity index (χ0n) is 30.2. The Bertz CT molecular complexity index is 2250. The molecule has 5 aromatic heterocycles. The second-order valence-electron chi connectivity index (χ2n) is 14.4. The highest BCUT2D eigenvalue weighted by atomic mass is 32.1. The second kappa shape index (κ2) is 14.9. The number of aromatic nitrogens is 6. The van der Waals surface area contributed by atoms with Crippen LogP contribution in [0, 0.1) is 12.5 Å². The molecule has 54 heavy (non-hydrogen) atoms. The van der Waals surface area contributed by atoms with Gasteiger partial charge in [0.15, 0.2) is 5.01 Å². The minimum Gasteiger partial charge on any atom is -0.387 e. The van der Waals surface area contributed by atoms with Crippen LogP contribution in [0.3, 0.4) is 0 Å². The maximum Gasteiger partial charge on any atom is 0.234 e. The van der Waals surface area contributed by atoms with Gasteiger partial charge in [0, 0.05) is 69.6 Å². The molecule has 3 aliphatic rings. The topological polar surface area (TPSA) is 155 Å². The molecule has 5 aromatic rings. The van der Waals surface area contributed by atoms with Crippen molar-refractivity contribution in [3.63, 3.8) is 0 Å². The number of anilines is 2. The lowest BCUT2D eigenvalue weighted by molar-refractivity contribution is -0.138. The van der Waals surface area contributed by atoms with E-state index in [1.54, 1.807) is 28.2 Å². The van der Waals surface area contributed by atoms with Crippen molar-refractivity contribution in [2.45, 2.75) is 69.2 Å². The molecular weight excluding hydrogens is 703 g/mol. The van der Waals surface area contributed by atoms with Gasteiger partial charge < -0.3 is 15.1 Å². The molecule has 276 valence electrons. The molecule has 7 heterocycles. The van der Waals surface area contributed by atoms with Crippen molar-refractivity contribution in [1.82, 2.24) is 40.0 Å². The van der Waals surface area contributed by atoms with Crippen LogP contribution in [0.1, 0.15) is 73.8 Å². The summed E-state index contributed by atoms with van der Waals surface area (Å²) in [7, 11) is 3.84. The van der Waals surface area contributed by atoms with Crippen LogP contribution in [-0.4, -0.2) is 85.6 Å². The molecule has 1 aliphatic carbocycles. The third kappa shape index (κ3) is 6.89. The molecule has 0 unspecified atom stereocenters. The molecule has 0 spiro atoms. The Kier molecular flexibility index (Phi) is 9.76. The van der Waals surface area contributed by atoms with E-state index in [9.17, 15) is 14.4 Å². The average molecular weight is 744 g/mol. The van der Waals surface area contributed by atoms with E-state index in [0.717, 1.165) is 101 Å². The van der Waals surface area contributed by atoms with Crippen LogP contribution in [0.2, 0.25) is 0 Å². The lowest BCUT2D eigenvalue weighted by Gasteiger charge is -2.38. The van der Waals surface area contributed by atoms with Crippen molar-refractivity contribution in [3.05, 3.63) is 77.0 Å². The van der Waals surface area contributed by atoms with E-state index in [0.29, 0.717) is 24.4 Å². The Balaban J connectivity index is 0.843. The largest absolute Gasteiger partial charge is 0.387 e. The molecule has 0 bridgehead atoms. The number of pyridine rings is 2. The van der Waals surface area contributed by atoms with Crippen LogP contribution in [-0.2, 0) is 14.4 Å². The molecule has 0 radical (unpaired) electrons. The van der Waals surface area contributed by atoms with Crippen molar-refractivity contribution in [2.24, 2.45) is 5.92 Å². The molecule has 0 aromatic carbocycles. The third-order valence-corrected chi connectivity index (χ3v) is 12.4. The van der Waals surface area contributed by atoms with Crippen molar-refractivity contribution < 1.29 is 14.4 Å². The molecule has 1 atom stereocenters. The molecule has 14 nitrogen and oxygen atoms in total. The normalized spacial score (nSPS) is 20.8. The minimum atomic E-state index is -0.347. The Morgan fingerprint density at radius 3 is 2.52 bits per heavy atom. The minimum absolute atomic E-state index is 0.0102. The molecule has 3 fully saturated rings. The van der Waals surface area contributed by atoms with Crippen LogP contribution >= 0.6 is 11.3 Å². The standard InChI is InChI=1S/C39H41N11O3S/c1-40-26-18-28-9-11-33(50(28)44-21-26)32-19-31(41-2)30(22-42-32)38-47-46-37(54-38)23-4-7-27(8-5-23)48(3)39(53)24-14-16-49(17-15-24)34-12-6-25(20-43-34)29-10-13-35(51)45-36(29)52/h6,9,11-12,18-24,27,29H,4-5,7-8,10,13-17H2,2-3H3,(H,41,42)(H,45,51,52)/t23?,27?,29-/m0/s1. The number of piperidine rings is 2. The number of rotatable bonds is 8. The Hall–Kier alpha value is -5.75. The number of fused-ring (bicyclic) bond motifs is 1. The maximum atomic E-state index is 13.7. The molecular formula is C39H41N11O3S. The van der Waals surface area contributed by atoms with E-state index in [1.807, 2.05) is 61.6 Å². The number of hydrogen-bond donors (Lipinski definition) is 2. The molecule has 2 saturated heterocycles. The van der Waals surface area contributed by atoms with Crippen LogP contribution in [0.15, 0.2) is 55.0 Å². The maximum absolute atomic E-state index is 13.7. The smallest absolute Gasteiger partial charge is 0.234 e. The molecule has 2 N–H and O–H groups in total. The lowest BCUT2D eigenvalue weighted by atomic mass is 9.85. The summed E-state index contributed by atoms with van der Waals surface area (Å²) in [5.41, 5.74) is 5.52. The van der Waals surface area contributed by atoms with Gasteiger partial charge in [-0.3, -0.25) is 24.7 Å². The highest BCUT2D eigenvalue weighted by Crippen LogP contribution is 2.40. The summed E-state index contributed by atoms with van der Waals surface area (Å²) in [4.78, 5) is 54.5. The number of nitrogens with zero attached hydrogens (tertiary/aromatic N) is 9. The fourth-order valence-electron chi connectivity index (χ4n) is 8.06. The van der Waals surface area contributed by atoms with Gasteiger partial charge in [0.05, 0.1) is 41.2 Å². The number of nitrogens with one attached hydrogen (secondary N) is 2. The highest BCUT2D eigenvalue weighted by molar-refractivity contribution is 7.14. The van der Waals surface area contributed by atoms with E-state index < -0.39 is 0 Å². The summed E-state index contributed by atoms with van der Waals surface area (Å²) in [6, 6.07) is 11.8. The Morgan fingerprint density at radius 2 is 1.80 bits per heavy atom. The summed E-state index contributed by atoms with van der Waals surface area (Å²) >= 11 is 1.61. The van der Waals surface area contributed by atoms with Crippen LogP contribution in [0.4, 0.5) is 17.2 Å². The van der Waals surface area contributed by atoms with Crippen molar-refractivity contribution in [1.29, 1.82) is 0 Å². The van der Waals surface area contributed by atoms with E-state index in [2.05, 4.69) is 40.7 Å². The first kappa shape index (κ1) is 35.3. The first-order valence-corrected chi connectivity index (χ1v) is 19.3. The van der Waals surface area contributed by atoms with Gasteiger partial charge in [-0.25, -0.2) is 14.3 Å². The summed E-state index contributed by atoms with van der Waals surface area (Å²) in [6.07, 6.45) is 11.3. The first-order valence-electron chi connectivity index (χ1n) is 18.5. The fourth-order valence-corrected chi connectivity index (χ4v) is 9.10. The number of imide groups is 1. The Labute approximate surface area is 316 Å². The third-order valence-electron chi connectivity index (χ3n) is 11.2. The zero-order valence-corrected chi connectivity index (χ0v) is 31.1. The summed E-state index contributed by atoms with van der Waals surface area (Å²) < 4.78 is 1.79. The summed E-state index contributed by atoms with van der Waals surface area (Å²) in [6.45, 7) is 8.76. The monoisotopic (exact) mass is 743 g/mol. The van der Waals surface area contributed by atoms with Crippen molar-refractivity contribution >= 4 is 51.8 Å². The highest BCUT2D eigenvalue weighted by Gasteiger charge is 2.34. The number of hydrogen-bond acceptors (Lipinski definition) is 11. The molecule has 15 heteroatoms. The fraction of sp³-hybridized carbons (Fsp3) is 0.410. The quantitative estimate of drug-likeness (QED) is 0.147. The molecule has 8 rings (SSSR count). The first-order chi connectivity index (χ1) is 26.3. The molecule has 2 aliphatic heterocycles. The number of amides is 3. The van der Waals surface area contributed by atoms with Gasteiger partial charge in [0.1, 0.15) is 10.8 Å². The van der Waals surface area contributed by atoms with Gasteiger partial charge in [-0.05, 0) is 80.8 Å². The SMILES string of the molecule is [C-]#[N+]c1cnn2c(-c3cc(NC)c(-c4nnc(C5CCC(N(C)C(=O)C6CCN(c7ccc([C@@H]8CCC(=O)NC8=O)cn7)CC6)CC5)s4)cn3)ccc2c1. The summed E-state index contributed by atoms with van der Waals surface area (Å²) in [5, 5.41) is 21.2. The zero-order chi connectivity index (χ0) is 37.3. The van der Waals surface area contributed by atoms with Crippen molar-refractivity contribution in [2.75, 3.05) is 37.4 Å². The van der Waals surface area contributed by atoms with E-state index in [1.165, 1.54) is 0 Å². The average Bonchev–Trinajstić information content (AvgIpc) is 3.88. The molecule has 1 saturated carbocycles. The van der Waals surface area contributed by atoms with E-state index in [-0.39, 0.29) is 35.6 Å². The van der Waals surface area contributed by atoms with Gasteiger partial charge in [-0.1, -0.05) is 17.4 Å². The number of carbonyl (C=O) groups excluding carboxylic acids is 3. The predicted molar refractivity (Wildman–Crippen MR) is 205 cm³/mol. The van der Waals surface area contributed by atoms with Gasteiger partial charge in [0.25, 0.3) is 0 Å². The summed E-state index contributed by atoms with van der Waals surface area (Å²) in [5.74, 6) is 0.540. The predicted octanol–water partition coefficient (Wildman–Crippen LogP) is 5.82.